The highest BCUT2D eigenvalue weighted by Gasteiger charge is 2.40. The van der Waals surface area contributed by atoms with Gasteiger partial charge in [-0.1, -0.05) is 13.8 Å². The molecule has 0 aliphatic carbocycles. The molecule has 1 heterocycles. The van der Waals surface area contributed by atoms with E-state index in [2.05, 4.69) is 29.5 Å². The number of aliphatic imine (C=N–C) groups is 1. The molecule has 0 radical (unpaired) electrons. The van der Waals surface area contributed by atoms with Gasteiger partial charge in [0.15, 0.2) is 5.96 Å². The Balaban J connectivity index is 2.75. The van der Waals surface area contributed by atoms with Crippen LogP contribution in [0.2, 0.25) is 0 Å². The van der Waals surface area contributed by atoms with E-state index in [1.165, 1.54) is 0 Å². The monoisotopic (exact) mass is 183 g/mol. The molecule has 1 atom stereocenters. The summed E-state index contributed by atoms with van der Waals surface area (Å²) in [5.41, 5.74) is -0.483. The molecule has 1 fully saturated rings. The van der Waals surface area contributed by atoms with E-state index in [1.807, 2.05) is 6.92 Å². The first-order valence-corrected chi connectivity index (χ1v) is 4.54. The van der Waals surface area contributed by atoms with Gasteiger partial charge in [0.05, 0.1) is 0 Å². The summed E-state index contributed by atoms with van der Waals surface area (Å²) in [5.74, 6) is 1.08. The number of hydrogen-bond acceptors (Lipinski definition) is 2. The fraction of sp³-hybridized carbons (Fsp3) is 0.778. The largest absolute Gasteiger partial charge is 0.342 e. The van der Waals surface area contributed by atoms with Gasteiger partial charge in [0.25, 0.3) is 5.91 Å². The van der Waals surface area contributed by atoms with Gasteiger partial charge in [0, 0.05) is 7.05 Å². The van der Waals surface area contributed by atoms with Crippen molar-refractivity contribution in [3.05, 3.63) is 0 Å². The molecular weight excluding hydrogens is 166 g/mol. The summed E-state index contributed by atoms with van der Waals surface area (Å²) in [6.45, 7) is 6.10. The zero-order valence-electron chi connectivity index (χ0n) is 8.64. The maximum Gasteiger partial charge on any atom is 0.252 e. The minimum atomic E-state index is -0.483. The summed E-state index contributed by atoms with van der Waals surface area (Å²) in [5, 5.41) is 5.79. The van der Waals surface area contributed by atoms with Gasteiger partial charge in [-0.05, 0) is 19.3 Å². The molecule has 0 spiro atoms. The molecule has 74 valence electrons. The van der Waals surface area contributed by atoms with Crippen molar-refractivity contribution in [2.24, 2.45) is 10.9 Å². The van der Waals surface area contributed by atoms with E-state index < -0.39 is 5.54 Å². The number of rotatable bonds is 2. The van der Waals surface area contributed by atoms with Crippen LogP contribution in [-0.4, -0.2) is 24.5 Å². The first kappa shape index (κ1) is 10.0. The topological polar surface area (TPSA) is 53.5 Å². The average molecular weight is 183 g/mol. The summed E-state index contributed by atoms with van der Waals surface area (Å²) in [7, 11) is 1.66. The third-order valence-electron chi connectivity index (χ3n) is 2.17. The van der Waals surface area contributed by atoms with E-state index in [4.69, 9.17) is 0 Å². The molecule has 2 N–H and O–H groups in total. The minimum Gasteiger partial charge on any atom is -0.342 e. The lowest BCUT2D eigenvalue weighted by Crippen LogP contribution is -2.44. The number of nitrogens with zero attached hydrogens (tertiary/aromatic N) is 1. The molecule has 13 heavy (non-hydrogen) atoms. The van der Waals surface area contributed by atoms with Gasteiger partial charge in [-0.15, -0.1) is 0 Å². The van der Waals surface area contributed by atoms with Crippen LogP contribution in [0.15, 0.2) is 4.99 Å². The lowest BCUT2D eigenvalue weighted by molar-refractivity contribution is -0.123. The van der Waals surface area contributed by atoms with Crippen LogP contribution < -0.4 is 10.6 Å². The van der Waals surface area contributed by atoms with Crippen molar-refractivity contribution in [1.82, 2.24) is 10.6 Å². The van der Waals surface area contributed by atoms with Gasteiger partial charge in [-0.2, -0.15) is 0 Å². The summed E-state index contributed by atoms with van der Waals surface area (Å²) in [6, 6.07) is 0. The first-order valence-electron chi connectivity index (χ1n) is 4.54. The SMILES string of the molecule is CN=C1NC(=O)C(C)(CC(C)C)N1. The number of carbonyl (C=O) groups is 1. The highest BCUT2D eigenvalue weighted by molar-refractivity contribution is 6.08. The Kier molecular flexibility index (Phi) is 2.59. The first-order chi connectivity index (χ1) is 5.98. The molecule has 0 aromatic carbocycles. The maximum absolute atomic E-state index is 11.5. The molecule has 4 nitrogen and oxygen atoms in total. The van der Waals surface area contributed by atoms with E-state index in [1.54, 1.807) is 7.05 Å². The van der Waals surface area contributed by atoms with E-state index in [0.29, 0.717) is 11.9 Å². The fourth-order valence-corrected chi connectivity index (χ4v) is 1.67. The van der Waals surface area contributed by atoms with Crippen LogP contribution in [0.1, 0.15) is 27.2 Å². The summed E-state index contributed by atoms with van der Waals surface area (Å²) >= 11 is 0. The van der Waals surface area contributed by atoms with E-state index >= 15 is 0 Å². The van der Waals surface area contributed by atoms with Crippen molar-refractivity contribution < 1.29 is 4.79 Å². The van der Waals surface area contributed by atoms with Crippen LogP contribution in [-0.2, 0) is 4.79 Å². The fourth-order valence-electron chi connectivity index (χ4n) is 1.67. The molecule has 1 unspecified atom stereocenters. The zero-order chi connectivity index (χ0) is 10.1. The van der Waals surface area contributed by atoms with E-state index in [0.717, 1.165) is 6.42 Å². The van der Waals surface area contributed by atoms with Crippen LogP contribution in [0.3, 0.4) is 0 Å². The van der Waals surface area contributed by atoms with Crippen molar-refractivity contribution in [3.8, 4) is 0 Å². The van der Waals surface area contributed by atoms with Crippen molar-refractivity contribution in [1.29, 1.82) is 0 Å². The normalized spacial score (nSPS) is 30.8. The molecule has 1 rings (SSSR count). The van der Waals surface area contributed by atoms with E-state index in [9.17, 15) is 4.79 Å². The smallest absolute Gasteiger partial charge is 0.252 e. The van der Waals surface area contributed by atoms with Gasteiger partial charge in [-0.25, -0.2) is 0 Å². The lowest BCUT2D eigenvalue weighted by atomic mass is 9.91. The van der Waals surface area contributed by atoms with Crippen molar-refractivity contribution in [2.75, 3.05) is 7.05 Å². The van der Waals surface area contributed by atoms with E-state index in [-0.39, 0.29) is 5.91 Å². The van der Waals surface area contributed by atoms with Gasteiger partial charge < -0.3 is 5.32 Å². The second-order valence-electron chi connectivity index (χ2n) is 4.08. The lowest BCUT2D eigenvalue weighted by Gasteiger charge is -2.22. The Labute approximate surface area is 78.8 Å². The predicted molar refractivity (Wildman–Crippen MR) is 52.5 cm³/mol. The highest BCUT2D eigenvalue weighted by atomic mass is 16.2. The van der Waals surface area contributed by atoms with Crippen LogP contribution >= 0.6 is 0 Å². The quantitative estimate of drug-likeness (QED) is 0.655. The van der Waals surface area contributed by atoms with Gasteiger partial charge in [0.1, 0.15) is 5.54 Å². The number of nitrogens with one attached hydrogen (secondary N) is 2. The molecule has 1 aliphatic heterocycles. The van der Waals surface area contributed by atoms with Crippen LogP contribution in [0.25, 0.3) is 0 Å². The summed E-state index contributed by atoms with van der Waals surface area (Å²) in [4.78, 5) is 15.5. The third kappa shape index (κ3) is 1.99. The summed E-state index contributed by atoms with van der Waals surface area (Å²) in [6.07, 6.45) is 0.817. The highest BCUT2D eigenvalue weighted by Crippen LogP contribution is 2.19. The zero-order valence-corrected chi connectivity index (χ0v) is 8.64. The Morgan fingerprint density at radius 3 is 2.54 bits per heavy atom. The van der Waals surface area contributed by atoms with Crippen molar-refractivity contribution in [2.45, 2.75) is 32.7 Å². The Hall–Kier alpha value is -1.06. The number of guanidine groups is 1. The molecule has 1 saturated heterocycles. The third-order valence-corrected chi connectivity index (χ3v) is 2.17. The molecule has 0 bridgehead atoms. The molecule has 0 saturated carbocycles. The molecule has 1 amide bonds. The molecule has 0 aromatic heterocycles. The molecule has 0 aromatic rings. The number of carbonyl (C=O) groups excluding carboxylic acids is 1. The number of hydrogen-bond donors (Lipinski definition) is 2. The summed E-state index contributed by atoms with van der Waals surface area (Å²) < 4.78 is 0. The second-order valence-corrected chi connectivity index (χ2v) is 4.08. The van der Waals surface area contributed by atoms with Crippen molar-refractivity contribution in [3.63, 3.8) is 0 Å². The molecule has 4 heteroatoms. The van der Waals surface area contributed by atoms with Gasteiger partial charge >= 0.3 is 0 Å². The van der Waals surface area contributed by atoms with Gasteiger partial charge in [-0.3, -0.25) is 15.1 Å². The molecule has 1 aliphatic rings. The average Bonchev–Trinajstić information content (AvgIpc) is 2.26. The minimum absolute atomic E-state index is 0.0156. The Morgan fingerprint density at radius 1 is 1.54 bits per heavy atom. The number of amides is 1. The van der Waals surface area contributed by atoms with Gasteiger partial charge in [0.2, 0.25) is 0 Å². The Bertz CT molecular complexity index is 247. The maximum atomic E-state index is 11.5. The second kappa shape index (κ2) is 3.36. The molecular formula is C9H17N3O. The van der Waals surface area contributed by atoms with Crippen molar-refractivity contribution >= 4 is 11.9 Å². The standard InChI is InChI=1S/C9H17N3O/c1-6(2)5-9(3)7(13)11-8(10-4)12-9/h6H,5H2,1-4H3,(H2,10,11,12,13). The predicted octanol–water partition coefficient (Wildman–Crippen LogP) is 0.496. The Morgan fingerprint density at radius 2 is 2.15 bits per heavy atom. The van der Waals surface area contributed by atoms with Crippen LogP contribution in [0, 0.1) is 5.92 Å². The van der Waals surface area contributed by atoms with Crippen LogP contribution in [0.4, 0.5) is 0 Å². The van der Waals surface area contributed by atoms with Crippen LogP contribution in [0.5, 0.6) is 0 Å².